The fraction of sp³-hybridized carbons (Fsp3) is 0.533. The molecule has 10 heteroatoms. The quantitative estimate of drug-likeness (QED) is 0.621. The molecule has 0 aromatic heterocycles. The van der Waals surface area contributed by atoms with Crippen LogP contribution in [0.3, 0.4) is 0 Å². The Morgan fingerprint density at radius 2 is 1.92 bits per heavy atom. The number of hydrogen-bond donors (Lipinski definition) is 1. The Labute approximate surface area is 146 Å². The predicted molar refractivity (Wildman–Crippen MR) is 93.4 cm³/mol. The third kappa shape index (κ3) is 4.14. The van der Waals surface area contributed by atoms with Crippen LogP contribution in [0.15, 0.2) is 18.2 Å². The maximum atomic E-state index is 12.4. The number of nitrogens with one attached hydrogen (secondary N) is 1. The van der Waals surface area contributed by atoms with Crippen LogP contribution in [0.4, 0.5) is 11.4 Å². The summed E-state index contributed by atoms with van der Waals surface area (Å²) < 4.78 is 26.7. The van der Waals surface area contributed by atoms with Crippen molar-refractivity contribution in [3.8, 4) is 0 Å². The largest absolute Gasteiger partial charge is 0.325 e. The average molecular weight is 370 g/mol. The Bertz CT molecular complexity index is 770. The smallest absolute Gasteiger partial charge is 0.281 e. The third-order valence-electron chi connectivity index (χ3n) is 4.37. The summed E-state index contributed by atoms with van der Waals surface area (Å²) in [7, 11) is -0.527. The van der Waals surface area contributed by atoms with Gasteiger partial charge in [-0.25, -0.2) is 0 Å². The summed E-state index contributed by atoms with van der Waals surface area (Å²) in [6.07, 6.45) is 0.819. The Balaban J connectivity index is 2.03. The summed E-state index contributed by atoms with van der Waals surface area (Å²) in [5.41, 5.74) is 0.751. The highest BCUT2D eigenvalue weighted by atomic mass is 32.2. The first-order valence-electron chi connectivity index (χ1n) is 7.87. The molecule has 0 unspecified atom stereocenters. The Morgan fingerprint density at radius 3 is 2.44 bits per heavy atom. The molecule has 0 spiro atoms. The number of anilines is 1. The van der Waals surface area contributed by atoms with E-state index in [1.807, 2.05) is 0 Å². The molecule has 0 atom stereocenters. The zero-order chi connectivity index (χ0) is 18.8. The lowest BCUT2D eigenvalue weighted by atomic mass is 9.97. The van der Waals surface area contributed by atoms with Gasteiger partial charge in [0.2, 0.25) is 5.91 Å². The van der Waals surface area contributed by atoms with Crippen molar-refractivity contribution in [2.75, 3.05) is 32.5 Å². The van der Waals surface area contributed by atoms with Crippen LogP contribution in [-0.2, 0) is 15.0 Å². The van der Waals surface area contributed by atoms with Gasteiger partial charge in [0.1, 0.15) is 0 Å². The molecule has 1 aromatic rings. The number of rotatable bonds is 5. The van der Waals surface area contributed by atoms with Crippen LogP contribution < -0.4 is 5.32 Å². The highest BCUT2D eigenvalue weighted by molar-refractivity contribution is 7.86. The molecular weight excluding hydrogens is 348 g/mol. The van der Waals surface area contributed by atoms with E-state index >= 15 is 0 Å². The summed E-state index contributed by atoms with van der Waals surface area (Å²) >= 11 is 0. The first-order valence-corrected chi connectivity index (χ1v) is 9.26. The number of carbonyl (C=O) groups is 1. The molecule has 2 rings (SSSR count). The second kappa shape index (κ2) is 7.46. The van der Waals surface area contributed by atoms with Gasteiger partial charge in [-0.3, -0.25) is 14.9 Å². The minimum Gasteiger partial charge on any atom is -0.325 e. The first-order chi connectivity index (χ1) is 11.6. The highest BCUT2D eigenvalue weighted by Gasteiger charge is 2.32. The number of piperidine rings is 1. The SMILES string of the molecule is Cc1c(NC(=O)C2CCN(S(=O)(=O)N(C)C)CC2)cccc1[N+](=O)[O-]. The Kier molecular flexibility index (Phi) is 5.76. The van der Waals surface area contributed by atoms with Crippen molar-refractivity contribution in [3.05, 3.63) is 33.9 Å². The van der Waals surface area contributed by atoms with E-state index in [4.69, 9.17) is 0 Å². The zero-order valence-electron chi connectivity index (χ0n) is 14.4. The van der Waals surface area contributed by atoms with E-state index in [9.17, 15) is 23.3 Å². The molecule has 0 bridgehead atoms. The van der Waals surface area contributed by atoms with E-state index in [2.05, 4.69) is 5.32 Å². The van der Waals surface area contributed by atoms with Crippen molar-refractivity contribution in [1.29, 1.82) is 0 Å². The maximum absolute atomic E-state index is 12.4. The molecule has 1 N–H and O–H groups in total. The average Bonchev–Trinajstić information content (AvgIpc) is 2.56. The van der Waals surface area contributed by atoms with Crippen LogP contribution in [0.25, 0.3) is 0 Å². The fourth-order valence-electron chi connectivity index (χ4n) is 2.77. The van der Waals surface area contributed by atoms with Gasteiger partial charge in [0.05, 0.1) is 16.2 Å². The molecule has 1 aromatic carbocycles. The summed E-state index contributed by atoms with van der Waals surface area (Å²) in [6, 6.07) is 4.52. The van der Waals surface area contributed by atoms with E-state index in [1.165, 1.54) is 30.5 Å². The number of hydrogen-bond acceptors (Lipinski definition) is 5. The number of nitro groups is 1. The molecular formula is C15H22N4O5S. The van der Waals surface area contributed by atoms with Crippen molar-refractivity contribution >= 4 is 27.5 Å². The van der Waals surface area contributed by atoms with Gasteiger partial charge in [0.15, 0.2) is 0 Å². The van der Waals surface area contributed by atoms with E-state index in [-0.39, 0.29) is 30.6 Å². The lowest BCUT2D eigenvalue weighted by molar-refractivity contribution is -0.385. The normalized spacial score (nSPS) is 16.8. The number of benzene rings is 1. The van der Waals surface area contributed by atoms with Crippen LogP contribution >= 0.6 is 0 Å². The summed E-state index contributed by atoms with van der Waals surface area (Å²) in [6.45, 7) is 2.12. The third-order valence-corrected chi connectivity index (χ3v) is 6.31. The summed E-state index contributed by atoms with van der Waals surface area (Å²) in [4.78, 5) is 22.9. The second-order valence-corrected chi connectivity index (χ2v) is 8.30. The lowest BCUT2D eigenvalue weighted by Gasteiger charge is -2.32. The van der Waals surface area contributed by atoms with Gasteiger partial charge in [0, 0.05) is 39.2 Å². The van der Waals surface area contributed by atoms with E-state index in [0.29, 0.717) is 24.1 Å². The van der Waals surface area contributed by atoms with E-state index in [0.717, 1.165) is 4.31 Å². The summed E-state index contributed by atoms with van der Waals surface area (Å²) in [5, 5.41) is 13.7. The van der Waals surface area contributed by atoms with Gasteiger partial charge < -0.3 is 5.32 Å². The fourth-order valence-corrected chi connectivity index (χ4v) is 3.91. The minimum atomic E-state index is -3.47. The molecule has 1 amide bonds. The zero-order valence-corrected chi connectivity index (χ0v) is 15.2. The van der Waals surface area contributed by atoms with Crippen LogP contribution in [0.5, 0.6) is 0 Å². The van der Waals surface area contributed by atoms with Gasteiger partial charge in [-0.1, -0.05) is 6.07 Å². The van der Waals surface area contributed by atoms with Crippen molar-refractivity contribution in [2.45, 2.75) is 19.8 Å². The second-order valence-electron chi connectivity index (χ2n) is 6.16. The highest BCUT2D eigenvalue weighted by Crippen LogP contribution is 2.27. The molecule has 1 aliphatic heterocycles. The molecule has 1 fully saturated rings. The molecule has 25 heavy (non-hydrogen) atoms. The first kappa shape index (κ1) is 19.3. The maximum Gasteiger partial charge on any atom is 0.281 e. The number of carbonyl (C=O) groups excluding carboxylic acids is 1. The van der Waals surface area contributed by atoms with E-state index < -0.39 is 15.1 Å². The number of nitrogens with zero attached hydrogens (tertiary/aromatic N) is 3. The van der Waals surface area contributed by atoms with Crippen molar-refractivity contribution in [2.24, 2.45) is 5.92 Å². The lowest BCUT2D eigenvalue weighted by Crippen LogP contribution is -2.46. The van der Waals surface area contributed by atoms with Gasteiger partial charge in [0.25, 0.3) is 15.9 Å². The van der Waals surface area contributed by atoms with E-state index in [1.54, 1.807) is 13.0 Å². The van der Waals surface area contributed by atoms with Crippen molar-refractivity contribution < 1.29 is 18.1 Å². The topological polar surface area (TPSA) is 113 Å². The molecule has 138 valence electrons. The van der Waals surface area contributed by atoms with Crippen LogP contribution in [0.1, 0.15) is 18.4 Å². The van der Waals surface area contributed by atoms with Crippen LogP contribution in [-0.4, -0.2) is 55.0 Å². The molecule has 9 nitrogen and oxygen atoms in total. The standard InChI is InChI=1S/C15H22N4O5S/c1-11-13(5-4-6-14(11)19(21)22)16-15(20)12-7-9-18(10-8-12)25(23,24)17(2)3/h4-6,12H,7-10H2,1-3H3,(H,16,20). The van der Waals surface area contributed by atoms with Gasteiger partial charge in [-0.2, -0.15) is 17.0 Å². The van der Waals surface area contributed by atoms with Gasteiger partial charge >= 0.3 is 0 Å². The molecule has 1 aliphatic rings. The van der Waals surface area contributed by atoms with Gasteiger partial charge in [-0.05, 0) is 25.8 Å². The molecule has 1 heterocycles. The Hall–Kier alpha value is -2.04. The Morgan fingerprint density at radius 1 is 1.32 bits per heavy atom. The molecule has 0 aliphatic carbocycles. The monoisotopic (exact) mass is 370 g/mol. The van der Waals surface area contributed by atoms with Gasteiger partial charge in [-0.15, -0.1) is 0 Å². The van der Waals surface area contributed by atoms with Crippen molar-refractivity contribution in [1.82, 2.24) is 8.61 Å². The minimum absolute atomic E-state index is 0.0512. The summed E-state index contributed by atoms with van der Waals surface area (Å²) in [5.74, 6) is -0.572. The molecule has 0 saturated carbocycles. The number of nitro benzene ring substituents is 1. The number of amides is 1. The molecule has 0 radical (unpaired) electrons. The van der Waals surface area contributed by atoms with Crippen LogP contribution in [0.2, 0.25) is 0 Å². The van der Waals surface area contributed by atoms with Crippen molar-refractivity contribution in [3.63, 3.8) is 0 Å². The van der Waals surface area contributed by atoms with Crippen LogP contribution in [0, 0.1) is 23.0 Å². The molecule has 1 saturated heterocycles. The predicted octanol–water partition coefficient (Wildman–Crippen LogP) is 1.36.